The molecule has 1 N–H and O–H groups in total. The summed E-state index contributed by atoms with van der Waals surface area (Å²) in [6.45, 7) is 6.52. The van der Waals surface area contributed by atoms with Gasteiger partial charge in [0.25, 0.3) is 11.6 Å². The predicted molar refractivity (Wildman–Crippen MR) is 82.2 cm³/mol. The van der Waals surface area contributed by atoms with Gasteiger partial charge in [-0.1, -0.05) is 36.7 Å². The van der Waals surface area contributed by atoms with Crippen molar-refractivity contribution in [2.75, 3.05) is 6.54 Å². The van der Waals surface area contributed by atoms with Gasteiger partial charge in [0.2, 0.25) is 0 Å². The van der Waals surface area contributed by atoms with Crippen molar-refractivity contribution in [3.05, 3.63) is 39.7 Å². The lowest BCUT2D eigenvalue weighted by molar-refractivity contribution is -0.385. The zero-order valence-electron chi connectivity index (χ0n) is 12.2. The van der Waals surface area contributed by atoms with Crippen molar-refractivity contribution in [3.8, 4) is 0 Å². The van der Waals surface area contributed by atoms with Gasteiger partial charge in [0, 0.05) is 17.4 Å². The molecule has 0 heterocycles. The summed E-state index contributed by atoms with van der Waals surface area (Å²) < 4.78 is 13.2. The van der Waals surface area contributed by atoms with Gasteiger partial charge in [-0.05, 0) is 24.0 Å². The maximum absolute atomic E-state index is 13.2. The van der Waals surface area contributed by atoms with Crippen LogP contribution in [0.4, 0.5) is 10.1 Å². The molecule has 21 heavy (non-hydrogen) atoms. The zero-order valence-corrected chi connectivity index (χ0v) is 13.7. The number of alkyl halides is 1. The van der Waals surface area contributed by atoms with Crippen LogP contribution in [-0.4, -0.2) is 22.2 Å². The Morgan fingerprint density at radius 1 is 1.48 bits per heavy atom. The molecule has 0 aliphatic heterocycles. The van der Waals surface area contributed by atoms with E-state index in [1.807, 2.05) is 0 Å². The normalized spacial score (nSPS) is 12.8. The molecule has 0 aliphatic carbocycles. The number of carbonyl (C=O) groups excluding carboxylic acids is 1. The van der Waals surface area contributed by atoms with Gasteiger partial charge in [0.1, 0.15) is 11.4 Å². The first-order chi connectivity index (χ1) is 9.60. The molecule has 0 aromatic heterocycles. The van der Waals surface area contributed by atoms with Crippen LogP contribution in [-0.2, 0) is 0 Å². The number of nitro benzene ring substituents is 1. The van der Waals surface area contributed by atoms with Crippen molar-refractivity contribution < 1.29 is 14.1 Å². The average molecular weight is 361 g/mol. The SMILES string of the molecule is CC(C)(C)CC(Br)CNC(=O)c1cc(F)ccc1[N+](=O)[O-]. The van der Waals surface area contributed by atoms with Gasteiger partial charge in [-0.15, -0.1) is 0 Å². The molecule has 1 aromatic carbocycles. The molecular formula is C14H18BrFN2O3. The molecule has 1 atom stereocenters. The van der Waals surface area contributed by atoms with Crippen LogP contribution in [0.25, 0.3) is 0 Å². The van der Waals surface area contributed by atoms with Gasteiger partial charge >= 0.3 is 0 Å². The summed E-state index contributed by atoms with van der Waals surface area (Å²) in [5, 5.41) is 13.4. The molecule has 5 nitrogen and oxygen atoms in total. The van der Waals surface area contributed by atoms with E-state index < -0.39 is 22.3 Å². The predicted octanol–water partition coefficient (Wildman–Crippen LogP) is 3.66. The molecule has 116 valence electrons. The highest BCUT2D eigenvalue weighted by Gasteiger charge is 2.22. The van der Waals surface area contributed by atoms with Gasteiger partial charge < -0.3 is 5.32 Å². The van der Waals surface area contributed by atoms with Crippen LogP contribution < -0.4 is 5.32 Å². The first-order valence-electron chi connectivity index (χ1n) is 6.46. The average Bonchev–Trinajstić information content (AvgIpc) is 2.33. The highest BCUT2D eigenvalue weighted by molar-refractivity contribution is 9.09. The monoisotopic (exact) mass is 360 g/mol. The third-order valence-corrected chi connectivity index (χ3v) is 3.37. The number of nitrogens with one attached hydrogen (secondary N) is 1. The van der Waals surface area contributed by atoms with Crippen LogP contribution in [0, 0.1) is 21.3 Å². The Balaban J connectivity index is 2.76. The fourth-order valence-corrected chi connectivity index (χ4v) is 3.02. The maximum atomic E-state index is 13.2. The van der Waals surface area contributed by atoms with E-state index in [4.69, 9.17) is 0 Å². The Morgan fingerprint density at radius 3 is 2.62 bits per heavy atom. The van der Waals surface area contributed by atoms with E-state index in [0.717, 1.165) is 24.6 Å². The second-order valence-electron chi connectivity index (χ2n) is 5.99. The lowest BCUT2D eigenvalue weighted by atomic mass is 9.90. The number of rotatable bonds is 5. The first-order valence-corrected chi connectivity index (χ1v) is 7.38. The van der Waals surface area contributed by atoms with Crippen molar-refractivity contribution >= 4 is 27.5 Å². The van der Waals surface area contributed by atoms with E-state index in [-0.39, 0.29) is 15.8 Å². The van der Waals surface area contributed by atoms with Crippen LogP contribution in [0.15, 0.2) is 18.2 Å². The lowest BCUT2D eigenvalue weighted by Gasteiger charge is -2.22. The number of nitrogens with zero attached hydrogens (tertiary/aromatic N) is 1. The van der Waals surface area contributed by atoms with Crippen LogP contribution >= 0.6 is 15.9 Å². The van der Waals surface area contributed by atoms with Gasteiger partial charge in [0.05, 0.1) is 4.92 Å². The molecule has 7 heteroatoms. The molecule has 0 saturated heterocycles. The summed E-state index contributed by atoms with van der Waals surface area (Å²) in [4.78, 5) is 22.2. The molecule has 0 aliphatic rings. The number of hydrogen-bond acceptors (Lipinski definition) is 3. The van der Waals surface area contributed by atoms with Crippen molar-refractivity contribution in [3.63, 3.8) is 0 Å². The van der Waals surface area contributed by atoms with Gasteiger partial charge in [-0.2, -0.15) is 0 Å². The largest absolute Gasteiger partial charge is 0.351 e. The van der Waals surface area contributed by atoms with E-state index in [2.05, 4.69) is 42.0 Å². The molecule has 1 unspecified atom stereocenters. The van der Waals surface area contributed by atoms with Crippen molar-refractivity contribution in [2.45, 2.75) is 32.0 Å². The molecule has 0 saturated carbocycles. The van der Waals surface area contributed by atoms with Crippen LogP contribution in [0.3, 0.4) is 0 Å². The number of halogens is 2. The maximum Gasteiger partial charge on any atom is 0.282 e. The second-order valence-corrected chi connectivity index (χ2v) is 7.29. The van der Waals surface area contributed by atoms with Crippen LogP contribution in [0.5, 0.6) is 0 Å². The molecule has 0 bridgehead atoms. The minimum absolute atomic E-state index is 0.0362. The second kappa shape index (κ2) is 6.98. The van der Waals surface area contributed by atoms with E-state index >= 15 is 0 Å². The van der Waals surface area contributed by atoms with Crippen molar-refractivity contribution in [1.29, 1.82) is 0 Å². The van der Waals surface area contributed by atoms with Crippen molar-refractivity contribution in [2.24, 2.45) is 5.41 Å². The molecule has 1 amide bonds. The highest BCUT2D eigenvalue weighted by Crippen LogP contribution is 2.24. The Hall–Kier alpha value is -1.50. The highest BCUT2D eigenvalue weighted by atomic mass is 79.9. The summed E-state index contributed by atoms with van der Waals surface area (Å²) in [6, 6.07) is 2.83. The number of benzene rings is 1. The van der Waals surface area contributed by atoms with Gasteiger partial charge in [-0.25, -0.2) is 4.39 Å². The molecule has 0 fully saturated rings. The van der Waals surface area contributed by atoms with Crippen LogP contribution in [0.1, 0.15) is 37.6 Å². The quantitative estimate of drug-likeness (QED) is 0.494. The van der Waals surface area contributed by atoms with E-state index in [0.29, 0.717) is 6.54 Å². The summed E-state index contributed by atoms with van der Waals surface area (Å²) in [5.41, 5.74) is -0.588. The van der Waals surface area contributed by atoms with E-state index in [9.17, 15) is 19.3 Å². The Morgan fingerprint density at radius 2 is 2.10 bits per heavy atom. The number of hydrogen-bond donors (Lipinski definition) is 1. The standard InChI is InChI=1S/C14H18BrFN2O3/c1-14(2,3)7-9(15)8-17-13(19)11-6-10(16)4-5-12(11)18(20)21/h4-6,9H,7-8H2,1-3H3,(H,17,19). The summed E-state index contributed by atoms with van der Waals surface area (Å²) in [7, 11) is 0. The van der Waals surface area contributed by atoms with E-state index in [1.165, 1.54) is 0 Å². The zero-order chi connectivity index (χ0) is 16.2. The molecule has 0 radical (unpaired) electrons. The van der Waals surface area contributed by atoms with Crippen molar-refractivity contribution in [1.82, 2.24) is 5.32 Å². The molecular weight excluding hydrogens is 343 g/mol. The smallest absolute Gasteiger partial charge is 0.282 e. The minimum Gasteiger partial charge on any atom is -0.351 e. The summed E-state index contributed by atoms with van der Waals surface area (Å²) in [6.07, 6.45) is 0.818. The first kappa shape index (κ1) is 17.6. The summed E-state index contributed by atoms with van der Waals surface area (Å²) >= 11 is 3.45. The van der Waals surface area contributed by atoms with Crippen LogP contribution in [0.2, 0.25) is 0 Å². The summed E-state index contributed by atoms with van der Waals surface area (Å²) in [5.74, 6) is -1.34. The number of amides is 1. The number of carbonyl (C=O) groups is 1. The Bertz CT molecular complexity index is 544. The van der Waals surface area contributed by atoms with E-state index in [1.54, 1.807) is 0 Å². The third-order valence-electron chi connectivity index (χ3n) is 2.72. The molecule has 0 spiro atoms. The fourth-order valence-electron chi connectivity index (χ4n) is 1.88. The Labute approximate surface area is 131 Å². The minimum atomic E-state index is -0.699. The van der Waals surface area contributed by atoms with Gasteiger partial charge in [-0.3, -0.25) is 14.9 Å². The third kappa shape index (κ3) is 5.79. The fraction of sp³-hybridized carbons (Fsp3) is 0.500. The molecule has 1 rings (SSSR count). The van der Waals surface area contributed by atoms with Gasteiger partial charge in [0.15, 0.2) is 0 Å². The molecule has 1 aromatic rings. The lowest BCUT2D eigenvalue weighted by Crippen LogP contribution is -2.31. The number of nitro groups is 1. The topological polar surface area (TPSA) is 72.2 Å². The Kier molecular flexibility index (Phi) is 5.83.